The summed E-state index contributed by atoms with van der Waals surface area (Å²) in [4.78, 5) is 46.5. The van der Waals surface area contributed by atoms with E-state index in [1.54, 1.807) is 24.0 Å². The molecule has 0 aromatic carbocycles. The quantitative estimate of drug-likeness (QED) is 0.496. The van der Waals surface area contributed by atoms with Gasteiger partial charge in [0.25, 0.3) is 11.8 Å². The van der Waals surface area contributed by atoms with Gasteiger partial charge in [0.2, 0.25) is 17.7 Å². The van der Waals surface area contributed by atoms with Crippen LogP contribution in [0.3, 0.4) is 0 Å². The smallest absolute Gasteiger partial charge is 0.278 e. The van der Waals surface area contributed by atoms with Gasteiger partial charge in [0, 0.05) is 62.6 Å². The number of hydrogen-bond donors (Lipinski definition) is 2. The van der Waals surface area contributed by atoms with Gasteiger partial charge < -0.3 is 20.3 Å². The lowest BCUT2D eigenvalue weighted by molar-refractivity contribution is -0.121. The van der Waals surface area contributed by atoms with Crippen molar-refractivity contribution in [1.29, 1.82) is 0 Å². The van der Waals surface area contributed by atoms with Crippen LogP contribution in [0.1, 0.15) is 59.6 Å². The number of nitrogens with one attached hydrogen (secondary N) is 2. The highest BCUT2D eigenvalue weighted by molar-refractivity contribution is 5.99. The van der Waals surface area contributed by atoms with Gasteiger partial charge in [-0.05, 0) is 31.5 Å². The zero-order chi connectivity index (χ0) is 25.8. The van der Waals surface area contributed by atoms with E-state index in [9.17, 15) is 23.2 Å². The van der Waals surface area contributed by atoms with Crippen LogP contribution in [0, 0.1) is 6.92 Å². The molecule has 3 rings (SSSR count). The normalized spacial score (nSPS) is 13.9. The van der Waals surface area contributed by atoms with E-state index in [-0.39, 0.29) is 49.2 Å². The third-order valence-electron chi connectivity index (χ3n) is 5.58. The molecule has 11 heteroatoms. The molecule has 35 heavy (non-hydrogen) atoms. The highest BCUT2D eigenvalue weighted by atomic mass is 19.3. The van der Waals surface area contributed by atoms with Crippen LogP contribution < -0.4 is 15.4 Å². The predicted octanol–water partition coefficient (Wildman–Crippen LogP) is 2.33. The average molecular weight is 490 g/mol. The number of aryl methyl sites for hydroxylation is 1. The Balaban J connectivity index is 1.68. The first kappa shape index (κ1) is 26.0. The van der Waals surface area contributed by atoms with Crippen LogP contribution in [0.15, 0.2) is 24.5 Å². The van der Waals surface area contributed by atoms with E-state index in [1.165, 1.54) is 19.3 Å². The summed E-state index contributed by atoms with van der Waals surface area (Å²) in [6.07, 6.45) is 3.03. The Morgan fingerprint density at radius 1 is 1.26 bits per heavy atom. The fraction of sp³-hybridized carbons (Fsp3) is 0.458. The Bertz CT molecular complexity index is 1120. The second-order valence-corrected chi connectivity index (χ2v) is 8.65. The number of pyridine rings is 2. The van der Waals surface area contributed by atoms with Crippen LogP contribution >= 0.6 is 0 Å². The number of alkyl halides is 2. The van der Waals surface area contributed by atoms with Crippen molar-refractivity contribution < 1.29 is 27.9 Å². The van der Waals surface area contributed by atoms with Crippen molar-refractivity contribution in [2.24, 2.45) is 0 Å². The molecule has 0 saturated heterocycles. The van der Waals surface area contributed by atoms with Gasteiger partial charge >= 0.3 is 0 Å². The maximum Gasteiger partial charge on any atom is 0.278 e. The molecule has 0 radical (unpaired) electrons. The van der Waals surface area contributed by atoms with E-state index in [0.29, 0.717) is 28.9 Å². The summed E-state index contributed by atoms with van der Waals surface area (Å²) in [5, 5.41) is 5.32. The highest BCUT2D eigenvalue weighted by Gasteiger charge is 2.34. The molecule has 3 amide bonds. The molecule has 188 valence electrons. The number of halogens is 2. The lowest BCUT2D eigenvalue weighted by atomic mass is 10.1. The molecule has 1 aliphatic heterocycles. The molecule has 1 aliphatic rings. The molecule has 9 nitrogen and oxygen atoms in total. The summed E-state index contributed by atoms with van der Waals surface area (Å²) in [7, 11) is 0. The Morgan fingerprint density at radius 3 is 2.63 bits per heavy atom. The molecule has 2 aromatic heterocycles. The second-order valence-electron chi connectivity index (χ2n) is 8.65. The summed E-state index contributed by atoms with van der Waals surface area (Å²) in [5.41, 5.74) is 3.01. The van der Waals surface area contributed by atoms with Crippen LogP contribution in [0.4, 0.5) is 8.78 Å². The minimum atomic E-state index is -2.97. The third-order valence-corrected chi connectivity index (χ3v) is 5.58. The molecule has 2 aromatic rings. The number of fused-ring (bicyclic) bond motifs is 1. The molecule has 0 fully saturated rings. The topological polar surface area (TPSA) is 114 Å². The van der Waals surface area contributed by atoms with Crippen molar-refractivity contribution in [2.45, 2.75) is 52.6 Å². The minimum absolute atomic E-state index is 0.00745. The lowest BCUT2D eigenvalue weighted by Crippen LogP contribution is -2.34. The molecule has 3 heterocycles. The summed E-state index contributed by atoms with van der Waals surface area (Å²) in [6, 6.07) is 3.04. The largest absolute Gasteiger partial charge is 0.471 e. The van der Waals surface area contributed by atoms with Gasteiger partial charge in [0.1, 0.15) is 0 Å². The summed E-state index contributed by atoms with van der Waals surface area (Å²) in [6.45, 7) is 5.84. The Kier molecular flexibility index (Phi) is 7.98. The number of hydrogen-bond acceptors (Lipinski definition) is 6. The van der Waals surface area contributed by atoms with Gasteiger partial charge in [-0.3, -0.25) is 19.4 Å². The van der Waals surface area contributed by atoms with Gasteiger partial charge in [-0.25, -0.2) is 13.8 Å². The Labute approximate surface area is 202 Å². The minimum Gasteiger partial charge on any atom is -0.471 e. The molecular weight excluding hydrogens is 460 g/mol. The van der Waals surface area contributed by atoms with Crippen LogP contribution in [0.5, 0.6) is 5.88 Å². The molecule has 1 atom stereocenters. The van der Waals surface area contributed by atoms with Gasteiger partial charge in [-0.1, -0.05) is 0 Å². The highest BCUT2D eigenvalue weighted by Crippen LogP contribution is 2.33. The van der Waals surface area contributed by atoms with E-state index in [2.05, 4.69) is 20.6 Å². The maximum absolute atomic E-state index is 13.1. The first-order valence-electron chi connectivity index (χ1n) is 11.2. The zero-order valence-corrected chi connectivity index (χ0v) is 20.2. The van der Waals surface area contributed by atoms with Gasteiger partial charge in [-0.15, -0.1) is 0 Å². The van der Waals surface area contributed by atoms with Gasteiger partial charge in [0.05, 0.1) is 18.2 Å². The van der Waals surface area contributed by atoms with E-state index < -0.39 is 12.5 Å². The Hall–Kier alpha value is -3.63. The number of carbonyl (C=O) groups is 3. The van der Waals surface area contributed by atoms with Crippen LogP contribution in [-0.2, 0) is 22.6 Å². The number of amides is 3. The average Bonchev–Trinajstić information content (AvgIpc) is 3.12. The first-order chi connectivity index (χ1) is 16.5. The number of rotatable bonds is 10. The van der Waals surface area contributed by atoms with Crippen molar-refractivity contribution in [2.75, 3.05) is 19.7 Å². The van der Waals surface area contributed by atoms with Crippen LogP contribution in [-0.4, -0.2) is 58.2 Å². The zero-order valence-electron chi connectivity index (χ0n) is 20.2. The van der Waals surface area contributed by atoms with Crippen LogP contribution in [0.2, 0.25) is 0 Å². The van der Waals surface area contributed by atoms with E-state index >= 15 is 0 Å². The summed E-state index contributed by atoms with van der Waals surface area (Å²) in [5.74, 6) is -3.48. The molecular formula is C24H29F2N5O4. The van der Waals surface area contributed by atoms with Crippen molar-refractivity contribution in [3.8, 4) is 5.88 Å². The first-order valence-corrected chi connectivity index (χ1v) is 11.2. The second kappa shape index (κ2) is 10.7. The molecule has 0 bridgehead atoms. The molecule has 0 spiro atoms. The van der Waals surface area contributed by atoms with Crippen molar-refractivity contribution in [3.05, 3.63) is 52.5 Å². The summed E-state index contributed by atoms with van der Waals surface area (Å²) < 4.78 is 31.3. The summed E-state index contributed by atoms with van der Waals surface area (Å²) >= 11 is 0. The lowest BCUT2D eigenvalue weighted by Gasteiger charge is -2.25. The molecule has 0 aliphatic carbocycles. The fourth-order valence-corrected chi connectivity index (χ4v) is 3.77. The third kappa shape index (κ3) is 6.71. The van der Waals surface area contributed by atoms with Crippen molar-refractivity contribution in [3.63, 3.8) is 0 Å². The number of nitrogens with zero attached hydrogens (tertiary/aromatic N) is 3. The monoisotopic (exact) mass is 489 g/mol. The van der Waals surface area contributed by atoms with E-state index in [0.717, 1.165) is 12.5 Å². The standard InChI is InChI=1S/C24H29F2N5O4/c1-14-9-17(11-30-22(14)35-13-24(4,25)26)15(2)31-12-19-18(23(31)34)5-6-28-20(19)10-21(33)29-8-7-27-16(3)32/h5-6,9,11,15H,7-8,10,12-13H2,1-4H3,(H,27,32)(H,29,33). The van der Waals surface area contributed by atoms with E-state index in [1.807, 2.05) is 6.92 Å². The predicted molar refractivity (Wildman–Crippen MR) is 123 cm³/mol. The fourth-order valence-electron chi connectivity index (χ4n) is 3.77. The van der Waals surface area contributed by atoms with Gasteiger partial charge in [-0.2, -0.15) is 0 Å². The van der Waals surface area contributed by atoms with E-state index in [4.69, 9.17) is 4.74 Å². The number of carbonyl (C=O) groups excluding carboxylic acids is 3. The SMILES string of the molecule is CC(=O)NCCNC(=O)Cc1nccc2c1CN(C(C)c1cnc(OCC(C)(F)F)c(C)c1)C2=O. The van der Waals surface area contributed by atoms with Crippen LogP contribution in [0.25, 0.3) is 0 Å². The van der Waals surface area contributed by atoms with Crippen molar-refractivity contribution >= 4 is 17.7 Å². The van der Waals surface area contributed by atoms with Gasteiger partial charge in [0.15, 0.2) is 6.61 Å². The van der Waals surface area contributed by atoms with Crippen molar-refractivity contribution in [1.82, 2.24) is 25.5 Å². The molecule has 1 unspecified atom stereocenters. The Morgan fingerprint density at radius 2 is 1.97 bits per heavy atom. The number of aromatic nitrogens is 2. The number of ether oxygens (including phenoxy) is 1. The maximum atomic E-state index is 13.1. The molecule has 0 saturated carbocycles. The molecule has 2 N–H and O–H groups in total.